The maximum absolute atomic E-state index is 13.6. The van der Waals surface area contributed by atoms with Crippen molar-refractivity contribution >= 4 is 5.82 Å². The highest BCUT2D eigenvalue weighted by Gasteiger charge is 2.07. The van der Waals surface area contributed by atoms with Crippen LogP contribution in [-0.2, 0) is 6.54 Å². The molecule has 0 saturated carbocycles. The fourth-order valence-corrected chi connectivity index (χ4v) is 1.83. The van der Waals surface area contributed by atoms with E-state index in [1.54, 1.807) is 18.3 Å². The fourth-order valence-electron chi connectivity index (χ4n) is 1.83. The fraction of sp³-hybridized carbons (Fsp3) is 0.154. The van der Waals surface area contributed by atoms with E-state index >= 15 is 0 Å². The molecule has 7 heteroatoms. The average Bonchev–Trinajstić information content (AvgIpc) is 3.06. The monoisotopic (exact) mass is 272 g/mol. The van der Waals surface area contributed by atoms with Crippen molar-refractivity contribution in [1.82, 2.24) is 25.0 Å². The van der Waals surface area contributed by atoms with Crippen molar-refractivity contribution in [3.8, 4) is 5.82 Å². The molecule has 0 fully saturated rings. The van der Waals surface area contributed by atoms with Gasteiger partial charge in [0.05, 0.1) is 12.2 Å². The molecule has 20 heavy (non-hydrogen) atoms. The van der Waals surface area contributed by atoms with E-state index < -0.39 is 5.82 Å². The predicted octanol–water partition coefficient (Wildman–Crippen LogP) is 2.05. The number of halogens is 1. The molecule has 0 aliphatic rings. The first-order valence-corrected chi connectivity index (χ1v) is 6.14. The zero-order chi connectivity index (χ0) is 13.9. The van der Waals surface area contributed by atoms with Crippen LogP contribution in [0.1, 0.15) is 11.4 Å². The largest absolute Gasteiger partial charge is 0.363 e. The summed E-state index contributed by atoms with van der Waals surface area (Å²) in [6.45, 7) is 2.49. The van der Waals surface area contributed by atoms with Gasteiger partial charge in [-0.15, -0.1) is 5.10 Å². The number of anilines is 1. The van der Waals surface area contributed by atoms with Gasteiger partial charge in [0.1, 0.15) is 5.82 Å². The number of aryl methyl sites for hydroxylation is 1. The number of H-pyrrole nitrogens is 1. The summed E-state index contributed by atoms with van der Waals surface area (Å²) in [6, 6.07) is 6.60. The van der Waals surface area contributed by atoms with Crippen LogP contribution in [0.25, 0.3) is 5.82 Å². The van der Waals surface area contributed by atoms with Crippen molar-refractivity contribution < 1.29 is 4.39 Å². The Labute approximate surface area is 114 Å². The molecule has 102 valence electrons. The van der Waals surface area contributed by atoms with Crippen LogP contribution in [0.2, 0.25) is 0 Å². The molecule has 0 spiro atoms. The molecular weight excluding hydrogens is 259 g/mol. The molecule has 3 aromatic rings. The van der Waals surface area contributed by atoms with Crippen LogP contribution in [-0.4, -0.2) is 25.0 Å². The molecule has 0 saturated heterocycles. The van der Waals surface area contributed by atoms with Crippen molar-refractivity contribution in [2.24, 2.45) is 0 Å². The molecule has 2 N–H and O–H groups in total. The predicted molar refractivity (Wildman–Crippen MR) is 72.0 cm³/mol. The van der Waals surface area contributed by atoms with Crippen molar-refractivity contribution in [2.75, 3.05) is 5.32 Å². The first-order chi connectivity index (χ1) is 9.72. The first kappa shape index (κ1) is 12.3. The molecule has 3 rings (SSSR count). The Morgan fingerprint density at radius 1 is 1.40 bits per heavy atom. The third kappa shape index (κ3) is 2.51. The Balaban J connectivity index is 1.72. The molecule has 0 unspecified atom stereocenters. The minimum atomic E-state index is -0.412. The van der Waals surface area contributed by atoms with Gasteiger partial charge in [-0.2, -0.15) is 5.10 Å². The van der Waals surface area contributed by atoms with E-state index in [0.29, 0.717) is 12.4 Å². The summed E-state index contributed by atoms with van der Waals surface area (Å²) >= 11 is 0. The summed E-state index contributed by atoms with van der Waals surface area (Å²) in [6.07, 6.45) is 3.18. The lowest BCUT2D eigenvalue weighted by Gasteiger charge is -2.01. The highest BCUT2D eigenvalue weighted by molar-refractivity contribution is 5.36. The van der Waals surface area contributed by atoms with E-state index in [0.717, 1.165) is 11.4 Å². The second-order valence-corrected chi connectivity index (χ2v) is 4.35. The molecule has 0 aliphatic carbocycles. The van der Waals surface area contributed by atoms with E-state index in [-0.39, 0.29) is 5.82 Å². The SMILES string of the molecule is Cc1cc(CNc2ccn(-c3ncccc3F)n2)n[nH]1. The van der Waals surface area contributed by atoms with E-state index in [1.165, 1.54) is 16.9 Å². The van der Waals surface area contributed by atoms with Crippen LogP contribution in [0.15, 0.2) is 36.7 Å². The Bertz CT molecular complexity index is 717. The topological polar surface area (TPSA) is 71.4 Å². The average molecular weight is 272 g/mol. The molecule has 3 aromatic heterocycles. The summed E-state index contributed by atoms with van der Waals surface area (Å²) in [5, 5.41) is 14.3. The van der Waals surface area contributed by atoms with E-state index in [1.807, 2.05) is 13.0 Å². The van der Waals surface area contributed by atoms with Gasteiger partial charge in [0.2, 0.25) is 0 Å². The highest BCUT2D eigenvalue weighted by atomic mass is 19.1. The summed E-state index contributed by atoms with van der Waals surface area (Å²) in [5.41, 5.74) is 1.89. The second kappa shape index (κ2) is 5.12. The molecule has 0 atom stereocenters. The van der Waals surface area contributed by atoms with E-state index in [2.05, 4.69) is 25.6 Å². The van der Waals surface area contributed by atoms with Crippen molar-refractivity contribution in [2.45, 2.75) is 13.5 Å². The summed E-state index contributed by atoms with van der Waals surface area (Å²) in [4.78, 5) is 3.96. The summed E-state index contributed by atoms with van der Waals surface area (Å²) < 4.78 is 15.0. The molecular formula is C13H13FN6. The number of hydrogen-bond donors (Lipinski definition) is 2. The molecule has 0 aliphatic heterocycles. The number of aromatic nitrogens is 5. The van der Waals surface area contributed by atoms with Crippen LogP contribution in [0.4, 0.5) is 10.2 Å². The van der Waals surface area contributed by atoms with Crippen LogP contribution in [0, 0.1) is 12.7 Å². The van der Waals surface area contributed by atoms with Crippen molar-refractivity contribution in [3.63, 3.8) is 0 Å². The quantitative estimate of drug-likeness (QED) is 0.762. The normalized spacial score (nSPS) is 10.7. The maximum atomic E-state index is 13.6. The molecule has 0 bridgehead atoms. The van der Waals surface area contributed by atoms with Gasteiger partial charge in [-0.3, -0.25) is 5.10 Å². The van der Waals surface area contributed by atoms with Gasteiger partial charge in [-0.1, -0.05) is 0 Å². The lowest BCUT2D eigenvalue weighted by atomic mass is 10.4. The highest BCUT2D eigenvalue weighted by Crippen LogP contribution is 2.12. The van der Waals surface area contributed by atoms with Gasteiger partial charge < -0.3 is 5.32 Å². The molecule has 6 nitrogen and oxygen atoms in total. The van der Waals surface area contributed by atoms with Gasteiger partial charge in [-0.05, 0) is 25.1 Å². The van der Waals surface area contributed by atoms with Gasteiger partial charge >= 0.3 is 0 Å². The van der Waals surface area contributed by atoms with E-state index in [9.17, 15) is 4.39 Å². The Hall–Kier alpha value is -2.70. The smallest absolute Gasteiger partial charge is 0.189 e. The van der Waals surface area contributed by atoms with Crippen LogP contribution in [0.5, 0.6) is 0 Å². The molecule has 0 aromatic carbocycles. The van der Waals surface area contributed by atoms with Gasteiger partial charge in [0.25, 0.3) is 0 Å². The standard InChI is InChI=1S/C13H13FN6/c1-9-7-10(18-17-9)8-16-12-4-6-20(19-12)13-11(14)3-2-5-15-13/h2-7H,8H2,1H3,(H,16,19)(H,17,18). The first-order valence-electron chi connectivity index (χ1n) is 6.14. The van der Waals surface area contributed by atoms with Gasteiger partial charge in [0.15, 0.2) is 11.6 Å². The third-order valence-corrected chi connectivity index (χ3v) is 2.75. The Kier molecular flexibility index (Phi) is 3.16. The van der Waals surface area contributed by atoms with Crippen LogP contribution >= 0.6 is 0 Å². The Morgan fingerprint density at radius 3 is 3.05 bits per heavy atom. The number of nitrogens with zero attached hydrogens (tertiary/aromatic N) is 4. The number of pyridine rings is 1. The number of rotatable bonds is 4. The molecule has 3 heterocycles. The number of nitrogens with one attached hydrogen (secondary N) is 2. The summed E-state index contributed by atoms with van der Waals surface area (Å²) in [5.74, 6) is 0.400. The van der Waals surface area contributed by atoms with Crippen LogP contribution < -0.4 is 5.32 Å². The second-order valence-electron chi connectivity index (χ2n) is 4.35. The third-order valence-electron chi connectivity index (χ3n) is 2.75. The van der Waals surface area contributed by atoms with Gasteiger partial charge in [-0.25, -0.2) is 14.1 Å². The van der Waals surface area contributed by atoms with Crippen LogP contribution in [0.3, 0.4) is 0 Å². The minimum absolute atomic E-state index is 0.177. The van der Waals surface area contributed by atoms with Crippen molar-refractivity contribution in [1.29, 1.82) is 0 Å². The molecule has 0 amide bonds. The lowest BCUT2D eigenvalue weighted by Crippen LogP contribution is -2.04. The zero-order valence-electron chi connectivity index (χ0n) is 10.8. The summed E-state index contributed by atoms with van der Waals surface area (Å²) in [7, 11) is 0. The van der Waals surface area contributed by atoms with Gasteiger partial charge in [0, 0.05) is 24.2 Å². The maximum Gasteiger partial charge on any atom is 0.189 e. The molecule has 0 radical (unpaired) electrons. The zero-order valence-corrected chi connectivity index (χ0v) is 10.8. The van der Waals surface area contributed by atoms with Crippen molar-refractivity contribution in [3.05, 3.63) is 53.9 Å². The Morgan fingerprint density at radius 2 is 2.30 bits per heavy atom. The lowest BCUT2D eigenvalue weighted by molar-refractivity contribution is 0.601. The number of hydrogen-bond acceptors (Lipinski definition) is 4. The van der Waals surface area contributed by atoms with E-state index in [4.69, 9.17) is 0 Å². The minimum Gasteiger partial charge on any atom is -0.363 e. The number of aromatic amines is 1.